The van der Waals surface area contributed by atoms with Gasteiger partial charge in [0.1, 0.15) is 5.70 Å². The van der Waals surface area contributed by atoms with Crippen molar-refractivity contribution >= 4 is 41.2 Å². The molecule has 0 bridgehead atoms. The quantitative estimate of drug-likeness (QED) is 0.301. The zero-order valence-corrected chi connectivity index (χ0v) is 21.2. The average molecular weight is 520 g/mol. The van der Waals surface area contributed by atoms with Gasteiger partial charge in [0, 0.05) is 5.69 Å². The number of amides is 4. The number of nitrogens with zero attached hydrogens (tertiary/aromatic N) is 1. The second-order valence-electron chi connectivity index (χ2n) is 8.33. The highest BCUT2D eigenvalue weighted by Crippen LogP contribution is 2.37. The van der Waals surface area contributed by atoms with Gasteiger partial charge in [0.15, 0.2) is 18.1 Å². The maximum Gasteiger partial charge on any atom is 0.329 e. The molecule has 1 aliphatic rings. The van der Waals surface area contributed by atoms with Gasteiger partial charge in [0.05, 0.1) is 18.2 Å². The van der Waals surface area contributed by atoms with E-state index in [0.717, 1.165) is 16.0 Å². The Bertz CT molecular complexity index is 1360. The summed E-state index contributed by atoms with van der Waals surface area (Å²) in [5.41, 5.74) is 3.18. The predicted octanol–water partition coefficient (Wildman–Crippen LogP) is 5.16. The monoisotopic (exact) mass is 519 g/mol. The molecule has 1 heterocycles. The number of para-hydroxylation sites is 1. The summed E-state index contributed by atoms with van der Waals surface area (Å²) in [6, 6.07) is 19.3. The van der Waals surface area contributed by atoms with Gasteiger partial charge in [-0.25, -0.2) is 4.79 Å². The molecule has 0 aliphatic carbocycles. The number of rotatable bonds is 9. The molecule has 190 valence electrons. The third kappa shape index (κ3) is 6.48. The predicted molar refractivity (Wildman–Crippen MR) is 141 cm³/mol. The number of nitrogens with one attached hydrogen (secondary N) is 2. The Morgan fingerprint density at radius 2 is 1.84 bits per heavy atom. The SMILES string of the molecule is CCOc1cc(/C=C2/NC(=O)N(Cc3cccc(C)c3)C2=O)cc(Cl)c1OCC(=O)Nc1ccccc1. The summed E-state index contributed by atoms with van der Waals surface area (Å²) in [7, 11) is 0. The van der Waals surface area contributed by atoms with Crippen LogP contribution in [0.3, 0.4) is 0 Å². The number of ether oxygens (including phenoxy) is 2. The summed E-state index contributed by atoms with van der Waals surface area (Å²) < 4.78 is 11.4. The van der Waals surface area contributed by atoms with Crippen molar-refractivity contribution in [2.75, 3.05) is 18.5 Å². The number of hydrogen-bond acceptors (Lipinski definition) is 5. The first-order chi connectivity index (χ1) is 17.8. The fraction of sp³-hybridized carbons (Fsp3) is 0.179. The van der Waals surface area contributed by atoms with E-state index >= 15 is 0 Å². The van der Waals surface area contributed by atoms with Crippen LogP contribution in [0.15, 0.2) is 72.4 Å². The van der Waals surface area contributed by atoms with Crippen LogP contribution in [0, 0.1) is 6.92 Å². The fourth-order valence-corrected chi connectivity index (χ4v) is 4.08. The van der Waals surface area contributed by atoms with Crippen molar-refractivity contribution in [3.05, 3.63) is 94.1 Å². The summed E-state index contributed by atoms with van der Waals surface area (Å²) in [5.74, 6) is -0.290. The second-order valence-corrected chi connectivity index (χ2v) is 8.74. The molecule has 3 aromatic carbocycles. The highest BCUT2D eigenvalue weighted by atomic mass is 35.5. The maximum atomic E-state index is 12.9. The van der Waals surface area contributed by atoms with Crippen molar-refractivity contribution in [3.8, 4) is 11.5 Å². The number of carbonyl (C=O) groups excluding carboxylic acids is 3. The molecule has 1 aliphatic heterocycles. The van der Waals surface area contributed by atoms with Crippen LogP contribution in [-0.4, -0.2) is 36.0 Å². The number of aryl methyl sites for hydroxylation is 1. The minimum absolute atomic E-state index is 0.118. The van der Waals surface area contributed by atoms with Crippen molar-refractivity contribution in [1.29, 1.82) is 0 Å². The first-order valence-corrected chi connectivity index (χ1v) is 12.1. The third-order valence-corrected chi connectivity index (χ3v) is 5.71. The van der Waals surface area contributed by atoms with E-state index in [1.54, 1.807) is 31.2 Å². The molecule has 1 saturated heterocycles. The van der Waals surface area contributed by atoms with Gasteiger partial charge in [-0.3, -0.25) is 14.5 Å². The smallest absolute Gasteiger partial charge is 0.329 e. The lowest BCUT2D eigenvalue weighted by molar-refractivity contribution is -0.123. The van der Waals surface area contributed by atoms with Crippen LogP contribution >= 0.6 is 11.6 Å². The van der Waals surface area contributed by atoms with E-state index in [2.05, 4.69) is 10.6 Å². The first kappa shape index (κ1) is 25.8. The number of urea groups is 1. The topological polar surface area (TPSA) is 97.0 Å². The third-order valence-electron chi connectivity index (χ3n) is 5.43. The Labute approximate surface area is 219 Å². The van der Waals surface area contributed by atoms with Gasteiger partial charge in [-0.15, -0.1) is 0 Å². The van der Waals surface area contributed by atoms with Crippen LogP contribution in [-0.2, 0) is 16.1 Å². The summed E-state index contributed by atoms with van der Waals surface area (Å²) >= 11 is 6.47. The lowest BCUT2D eigenvalue weighted by atomic mass is 10.1. The first-order valence-electron chi connectivity index (χ1n) is 11.7. The van der Waals surface area contributed by atoms with Crippen molar-refractivity contribution in [1.82, 2.24) is 10.2 Å². The van der Waals surface area contributed by atoms with E-state index in [4.69, 9.17) is 21.1 Å². The molecule has 37 heavy (non-hydrogen) atoms. The van der Waals surface area contributed by atoms with Crippen LogP contribution < -0.4 is 20.1 Å². The molecule has 0 saturated carbocycles. The number of hydrogen-bond donors (Lipinski definition) is 2. The van der Waals surface area contributed by atoms with E-state index in [0.29, 0.717) is 23.6 Å². The maximum absolute atomic E-state index is 12.9. The largest absolute Gasteiger partial charge is 0.490 e. The van der Waals surface area contributed by atoms with Gasteiger partial charge in [0.2, 0.25) is 0 Å². The molecule has 9 heteroatoms. The van der Waals surface area contributed by atoms with Crippen LogP contribution in [0.2, 0.25) is 5.02 Å². The number of anilines is 1. The molecule has 0 atom stereocenters. The molecular weight excluding hydrogens is 494 g/mol. The molecule has 1 fully saturated rings. The van der Waals surface area contributed by atoms with Crippen LogP contribution in [0.5, 0.6) is 11.5 Å². The van der Waals surface area contributed by atoms with Gasteiger partial charge >= 0.3 is 6.03 Å². The van der Waals surface area contributed by atoms with Gasteiger partial charge in [-0.05, 0) is 55.3 Å². The highest BCUT2D eigenvalue weighted by Gasteiger charge is 2.33. The van der Waals surface area contributed by atoms with Crippen molar-refractivity contribution < 1.29 is 23.9 Å². The number of carbonyl (C=O) groups is 3. The molecule has 4 amide bonds. The molecule has 0 unspecified atom stereocenters. The minimum Gasteiger partial charge on any atom is -0.490 e. The number of benzene rings is 3. The average Bonchev–Trinajstić information content (AvgIpc) is 3.11. The molecule has 4 rings (SSSR count). The van der Waals surface area contributed by atoms with Gasteiger partial charge in [-0.2, -0.15) is 0 Å². The molecular formula is C28H26ClN3O5. The van der Waals surface area contributed by atoms with Crippen LogP contribution in [0.4, 0.5) is 10.5 Å². The second kappa shape index (κ2) is 11.6. The van der Waals surface area contributed by atoms with Gasteiger partial charge in [0.25, 0.3) is 11.8 Å². The molecule has 8 nitrogen and oxygen atoms in total. The van der Waals surface area contributed by atoms with E-state index in [1.165, 1.54) is 6.08 Å². The minimum atomic E-state index is -0.502. The molecule has 0 radical (unpaired) electrons. The summed E-state index contributed by atoms with van der Waals surface area (Å²) in [4.78, 5) is 38.9. The summed E-state index contributed by atoms with van der Waals surface area (Å²) in [6.07, 6.45) is 1.52. The molecule has 2 N–H and O–H groups in total. The lowest BCUT2D eigenvalue weighted by Gasteiger charge is -2.15. The van der Waals surface area contributed by atoms with Crippen molar-refractivity contribution in [2.24, 2.45) is 0 Å². The summed E-state index contributed by atoms with van der Waals surface area (Å²) in [5, 5.41) is 5.55. The molecule has 3 aromatic rings. The number of imide groups is 1. The zero-order valence-electron chi connectivity index (χ0n) is 20.4. The standard InChI is InChI=1S/C28H26ClN3O5/c1-3-36-24-15-20(13-22(29)26(24)37-17-25(33)30-21-10-5-4-6-11-21)14-23-27(34)32(28(35)31-23)16-19-9-7-8-18(2)12-19/h4-15H,3,16-17H2,1-2H3,(H,30,33)(H,31,35)/b23-14+. The Hall–Kier alpha value is -4.30. The van der Waals surface area contributed by atoms with E-state index < -0.39 is 11.9 Å². The lowest BCUT2D eigenvalue weighted by Crippen LogP contribution is -2.30. The number of halogens is 1. The Balaban J connectivity index is 1.49. The van der Waals surface area contributed by atoms with Crippen LogP contribution in [0.25, 0.3) is 6.08 Å². The molecule has 0 spiro atoms. The van der Waals surface area contributed by atoms with E-state index in [1.807, 2.05) is 49.4 Å². The van der Waals surface area contributed by atoms with Crippen molar-refractivity contribution in [3.63, 3.8) is 0 Å². The van der Waals surface area contributed by atoms with E-state index in [9.17, 15) is 14.4 Å². The Kier molecular flexibility index (Phi) is 8.10. The van der Waals surface area contributed by atoms with Gasteiger partial charge in [-0.1, -0.05) is 59.6 Å². The highest BCUT2D eigenvalue weighted by molar-refractivity contribution is 6.32. The van der Waals surface area contributed by atoms with E-state index in [-0.39, 0.29) is 35.5 Å². The summed E-state index contributed by atoms with van der Waals surface area (Å²) in [6.45, 7) is 3.95. The fourth-order valence-electron chi connectivity index (χ4n) is 3.81. The van der Waals surface area contributed by atoms with Crippen molar-refractivity contribution in [2.45, 2.75) is 20.4 Å². The van der Waals surface area contributed by atoms with Crippen LogP contribution in [0.1, 0.15) is 23.6 Å². The zero-order chi connectivity index (χ0) is 26.4. The van der Waals surface area contributed by atoms with Gasteiger partial charge < -0.3 is 20.1 Å². The normalized spacial score (nSPS) is 14.0. The molecule has 0 aromatic heterocycles. The Morgan fingerprint density at radius 3 is 2.57 bits per heavy atom. The Morgan fingerprint density at radius 1 is 1.05 bits per heavy atom.